The first-order chi connectivity index (χ1) is 12.7. The number of amides is 2. The summed E-state index contributed by atoms with van der Waals surface area (Å²) in [6.07, 6.45) is 0.963. The van der Waals surface area contributed by atoms with Crippen LogP contribution < -0.4 is 10.6 Å². The summed E-state index contributed by atoms with van der Waals surface area (Å²) in [7, 11) is 0. The zero-order valence-corrected chi connectivity index (χ0v) is 14.5. The van der Waals surface area contributed by atoms with Gasteiger partial charge in [0.05, 0.1) is 0 Å². The van der Waals surface area contributed by atoms with Crippen LogP contribution in [-0.2, 0) is 6.42 Å². The van der Waals surface area contributed by atoms with Gasteiger partial charge in [0.1, 0.15) is 0 Å². The number of rotatable bonds is 5. The number of hydrogen-bond acceptors (Lipinski definition) is 2. The lowest BCUT2D eigenvalue weighted by atomic mass is 10.1. The molecule has 0 atom stereocenters. The predicted octanol–water partition coefficient (Wildman–Crippen LogP) is 4.75. The molecule has 0 saturated carbocycles. The van der Waals surface area contributed by atoms with Crippen LogP contribution in [0.2, 0.25) is 0 Å². The number of nitrogens with one attached hydrogen (secondary N) is 2. The van der Waals surface area contributed by atoms with Gasteiger partial charge in [-0.1, -0.05) is 37.3 Å². The minimum atomic E-state index is -0.185. The zero-order chi connectivity index (χ0) is 18.4. The summed E-state index contributed by atoms with van der Waals surface area (Å²) in [6.45, 7) is 2.09. The fourth-order valence-corrected chi connectivity index (χ4v) is 2.52. The minimum absolute atomic E-state index is 0.182. The van der Waals surface area contributed by atoms with E-state index in [9.17, 15) is 9.59 Å². The molecule has 3 aromatic carbocycles. The van der Waals surface area contributed by atoms with Gasteiger partial charge in [-0.3, -0.25) is 9.59 Å². The van der Waals surface area contributed by atoms with Crippen molar-refractivity contribution in [2.75, 3.05) is 10.6 Å². The monoisotopic (exact) mass is 344 g/mol. The van der Waals surface area contributed by atoms with Gasteiger partial charge in [0.25, 0.3) is 11.8 Å². The van der Waals surface area contributed by atoms with E-state index >= 15 is 0 Å². The molecule has 4 nitrogen and oxygen atoms in total. The average molecular weight is 344 g/mol. The topological polar surface area (TPSA) is 58.2 Å². The summed E-state index contributed by atoms with van der Waals surface area (Å²) >= 11 is 0. The summed E-state index contributed by atoms with van der Waals surface area (Å²) in [5.74, 6) is -0.367. The molecule has 0 unspecified atom stereocenters. The largest absolute Gasteiger partial charge is 0.322 e. The van der Waals surface area contributed by atoms with Crippen molar-refractivity contribution in [3.63, 3.8) is 0 Å². The Morgan fingerprint density at radius 1 is 0.654 bits per heavy atom. The number of anilines is 2. The van der Waals surface area contributed by atoms with Gasteiger partial charge in [-0.15, -0.1) is 0 Å². The molecule has 26 heavy (non-hydrogen) atoms. The molecule has 0 spiro atoms. The number of carbonyl (C=O) groups is 2. The highest BCUT2D eigenvalue weighted by Gasteiger charge is 2.08. The molecule has 0 radical (unpaired) electrons. The smallest absolute Gasteiger partial charge is 0.255 e. The van der Waals surface area contributed by atoms with Crippen LogP contribution in [0.4, 0.5) is 11.4 Å². The Bertz CT molecular complexity index is 886. The Morgan fingerprint density at radius 2 is 1.12 bits per heavy atom. The Labute approximate surface area is 152 Å². The molecule has 0 aliphatic rings. The Kier molecular flexibility index (Phi) is 5.44. The summed E-state index contributed by atoms with van der Waals surface area (Å²) in [5.41, 5.74) is 3.74. The van der Waals surface area contributed by atoms with Gasteiger partial charge in [-0.2, -0.15) is 0 Å². The molecular weight excluding hydrogens is 324 g/mol. The predicted molar refractivity (Wildman–Crippen MR) is 105 cm³/mol. The Balaban J connectivity index is 1.63. The summed E-state index contributed by atoms with van der Waals surface area (Å²) < 4.78 is 0. The SMILES string of the molecule is CCc1ccc(NC(=O)c2ccc(NC(=O)c3ccccc3)cc2)cc1. The van der Waals surface area contributed by atoms with E-state index in [0.29, 0.717) is 16.8 Å². The van der Waals surface area contributed by atoms with Crippen LogP contribution in [0.5, 0.6) is 0 Å². The van der Waals surface area contributed by atoms with E-state index in [2.05, 4.69) is 17.6 Å². The Morgan fingerprint density at radius 3 is 1.62 bits per heavy atom. The molecule has 0 fully saturated rings. The number of hydrogen-bond donors (Lipinski definition) is 2. The molecule has 2 amide bonds. The van der Waals surface area contributed by atoms with Crippen molar-refractivity contribution in [1.29, 1.82) is 0 Å². The minimum Gasteiger partial charge on any atom is -0.322 e. The van der Waals surface area contributed by atoms with Crippen LogP contribution >= 0.6 is 0 Å². The fraction of sp³-hybridized carbons (Fsp3) is 0.0909. The van der Waals surface area contributed by atoms with Crippen molar-refractivity contribution in [2.45, 2.75) is 13.3 Å². The van der Waals surface area contributed by atoms with Gasteiger partial charge in [0.2, 0.25) is 0 Å². The lowest BCUT2D eigenvalue weighted by Gasteiger charge is -2.08. The first kappa shape index (κ1) is 17.4. The second kappa shape index (κ2) is 8.12. The quantitative estimate of drug-likeness (QED) is 0.701. The highest BCUT2D eigenvalue weighted by atomic mass is 16.2. The van der Waals surface area contributed by atoms with Crippen LogP contribution in [0.3, 0.4) is 0 Å². The standard InChI is InChI=1S/C22H20N2O2/c1-2-16-8-12-19(13-9-16)23-22(26)18-10-14-20(15-11-18)24-21(25)17-6-4-3-5-7-17/h3-15H,2H2,1H3,(H,23,26)(H,24,25). The second-order valence-corrected chi connectivity index (χ2v) is 5.90. The molecule has 3 aromatic rings. The van der Waals surface area contributed by atoms with Gasteiger partial charge in [-0.25, -0.2) is 0 Å². The summed E-state index contributed by atoms with van der Waals surface area (Å²) in [6, 6.07) is 23.6. The molecule has 0 heterocycles. The van der Waals surface area contributed by atoms with Crippen molar-refractivity contribution < 1.29 is 9.59 Å². The van der Waals surface area contributed by atoms with E-state index in [1.54, 1.807) is 36.4 Å². The molecule has 0 aliphatic carbocycles. The molecular formula is C22H20N2O2. The summed E-state index contributed by atoms with van der Waals surface area (Å²) in [5, 5.41) is 5.69. The van der Waals surface area contributed by atoms with Crippen LogP contribution in [0.1, 0.15) is 33.2 Å². The molecule has 130 valence electrons. The Hall–Kier alpha value is -3.40. The normalized spacial score (nSPS) is 10.2. The molecule has 0 bridgehead atoms. The van der Waals surface area contributed by atoms with E-state index in [-0.39, 0.29) is 11.8 Å². The maximum atomic E-state index is 12.3. The van der Waals surface area contributed by atoms with Gasteiger partial charge < -0.3 is 10.6 Å². The number of carbonyl (C=O) groups excluding carboxylic acids is 2. The maximum Gasteiger partial charge on any atom is 0.255 e. The average Bonchev–Trinajstić information content (AvgIpc) is 2.69. The van der Waals surface area contributed by atoms with Gasteiger partial charge >= 0.3 is 0 Å². The van der Waals surface area contributed by atoms with Crippen LogP contribution in [-0.4, -0.2) is 11.8 Å². The first-order valence-corrected chi connectivity index (χ1v) is 8.52. The number of aryl methyl sites for hydroxylation is 1. The van der Waals surface area contributed by atoms with E-state index in [0.717, 1.165) is 12.1 Å². The molecule has 3 rings (SSSR count). The van der Waals surface area contributed by atoms with Crippen molar-refractivity contribution in [1.82, 2.24) is 0 Å². The van der Waals surface area contributed by atoms with Crippen molar-refractivity contribution in [2.24, 2.45) is 0 Å². The third-order valence-electron chi connectivity index (χ3n) is 4.06. The van der Waals surface area contributed by atoms with E-state index in [4.69, 9.17) is 0 Å². The lowest BCUT2D eigenvalue weighted by Crippen LogP contribution is -2.13. The second-order valence-electron chi connectivity index (χ2n) is 5.90. The third kappa shape index (κ3) is 4.36. The van der Waals surface area contributed by atoms with Crippen LogP contribution in [0.25, 0.3) is 0 Å². The molecule has 4 heteroatoms. The molecule has 0 aliphatic heterocycles. The van der Waals surface area contributed by atoms with Gasteiger partial charge in [0.15, 0.2) is 0 Å². The van der Waals surface area contributed by atoms with E-state index in [1.165, 1.54) is 5.56 Å². The van der Waals surface area contributed by atoms with Crippen LogP contribution in [0, 0.1) is 0 Å². The van der Waals surface area contributed by atoms with Crippen LogP contribution in [0.15, 0.2) is 78.9 Å². The molecule has 2 N–H and O–H groups in total. The zero-order valence-electron chi connectivity index (χ0n) is 14.5. The van der Waals surface area contributed by atoms with Crippen molar-refractivity contribution in [3.8, 4) is 0 Å². The molecule has 0 aromatic heterocycles. The van der Waals surface area contributed by atoms with Gasteiger partial charge in [0, 0.05) is 22.5 Å². The highest BCUT2D eigenvalue weighted by molar-refractivity contribution is 6.06. The maximum absolute atomic E-state index is 12.3. The van der Waals surface area contributed by atoms with E-state index < -0.39 is 0 Å². The van der Waals surface area contributed by atoms with Crippen molar-refractivity contribution >= 4 is 23.2 Å². The first-order valence-electron chi connectivity index (χ1n) is 8.52. The lowest BCUT2D eigenvalue weighted by molar-refractivity contribution is 0.102. The van der Waals surface area contributed by atoms with Crippen molar-refractivity contribution in [3.05, 3.63) is 95.6 Å². The molecule has 0 saturated heterocycles. The number of benzene rings is 3. The third-order valence-corrected chi connectivity index (χ3v) is 4.06. The van der Waals surface area contributed by atoms with Gasteiger partial charge in [-0.05, 0) is 60.5 Å². The highest BCUT2D eigenvalue weighted by Crippen LogP contribution is 2.15. The summed E-state index contributed by atoms with van der Waals surface area (Å²) in [4.78, 5) is 24.5. The van der Waals surface area contributed by atoms with E-state index in [1.807, 2.05) is 42.5 Å². The fourth-order valence-electron chi connectivity index (χ4n) is 2.52.